The summed E-state index contributed by atoms with van der Waals surface area (Å²) in [6.45, 7) is 28.5. The van der Waals surface area contributed by atoms with Gasteiger partial charge in [0.25, 0.3) is 0 Å². The maximum Gasteiger partial charge on any atom is 0.407 e. The third kappa shape index (κ3) is 46.3. The van der Waals surface area contributed by atoms with Crippen molar-refractivity contribution in [2.45, 2.75) is 261 Å². The van der Waals surface area contributed by atoms with Crippen LogP contribution in [0.3, 0.4) is 0 Å². The summed E-state index contributed by atoms with van der Waals surface area (Å²) in [7, 11) is -0.314. The first-order valence-electron chi connectivity index (χ1n) is 48.3. The molecule has 0 aromatic heterocycles. The summed E-state index contributed by atoms with van der Waals surface area (Å²) < 4.78 is 75.5. The van der Waals surface area contributed by atoms with Crippen molar-refractivity contribution in [2.24, 2.45) is 35.3 Å². The van der Waals surface area contributed by atoms with Crippen molar-refractivity contribution in [2.75, 3.05) is 124 Å². The Bertz CT molecular complexity index is 4860. The molecule has 0 radical (unpaired) electrons. The van der Waals surface area contributed by atoms with Gasteiger partial charge in [-0.2, -0.15) is 8.61 Å². The van der Waals surface area contributed by atoms with Crippen molar-refractivity contribution in [3.63, 3.8) is 0 Å². The lowest BCUT2D eigenvalue weighted by molar-refractivity contribution is -0.112. The molecule has 760 valence electrons. The Morgan fingerprint density at radius 1 is 0.423 bits per heavy atom. The molecular weight excluding hydrogens is 2370 g/mol. The van der Waals surface area contributed by atoms with Gasteiger partial charge in [0.1, 0.15) is 23.1 Å². The Balaban J connectivity index is 0.000000224. The molecular formula is C105H153Cl2I5N12O11S2. The molecule has 1 saturated heterocycles. The number of aldehydes is 1. The number of rotatable bonds is 25. The van der Waals surface area contributed by atoms with Gasteiger partial charge < -0.3 is 66.4 Å². The van der Waals surface area contributed by atoms with Crippen molar-refractivity contribution in [1.29, 1.82) is 0 Å². The number of nitrogens with one attached hydrogen (secondary N) is 4. The highest BCUT2D eigenvalue weighted by atomic mass is 127. The van der Waals surface area contributed by atoms with E-state index in [1.807, 2.05) is 113 Å². The highest BCUT2D eigenvalue weighted by Gasteiger charge is 2.35. The number of anilines is 5. The quantitative estimate of drug-likeness (QED) is 0.0102. The van der Waals surface area contributed by atoms with Crippen LogP contribution in [0.4, 0.5) is 42.8 Å². The molecule has 0 unspecified atom stereocenters. The number of nitrogens with zero attached hydrogens (tertiary/aromatic N) is 6. The molecule has 6 fully saturated rings. The number of halogens is 7. The fourth-order valence-electron chi connectivity index (χ4n) is 17.3. The lowest BCUT2D eigenvalue weighted by Crippen LogP contribution is -2.52. The van der Waals surface area contributed by atoms with E-state index in [1.165, 1.54) is 96.3 Å². The molecule has 23 nitrogen and oxygen atoms in total. The van der Waals surface area contributed by atoms with E-state index < -0.39 is 36.8 Å². The predicted octanol–water partition coefficient (Wildman–Crippen LogP) is 24.0. The van der Waals surface area contributed by atoms with Crippen LogP contribution in [0.5, 0.6) is 0 Å². The number of carbonyl (C=O) groups is 4. The Labute approximate surface area is 899 Å². The van der Waals surface area contributed by atoms with Gasteiger partial charge in [0.05, 0.1) is 9.79 Å². The predicted molar refractivity (Wildman–Crippen MR) is 608 cm³/mol. The highest BCUT2D eigenvalue weighted by Crippen LogP contribution is 2.35. The van der Waals surface area contributed by atoms with Gasteiger partial charge in [0.15, 0.2) is 0 Å². The van der Waals surface area contributed by atoms with Gasteiger partial charge in [-0.05, 0) is 487 Å². The summed E-state index contributed by atoms with van der Waals surface area (Å²) in [5.74, 6) is 3.59. The zero-order valence-corrected chi connectivity index (χ0v) is 96.9. The number of alkyl carbamates (subject to hydrolysis) is 3. The minimum Gasteiger partial charge on any atom is -0.444 e. The minimum absolute atomic E-state index is 0.158. The summed E-state index contributed by atoms with van der Waals surface area (Å²) >= 11 is 22.8. The number of hydrogen-bond acceptors (Lipinski definition) is 18. The highest BCUT2D eigenvalue weighted by molar-refractivity contribution is 14.1. The number of nitrogens with two attached hydrogens (primary N) is 2. The van der Waals surface area contributed by atoms with Crippen LogP contribution < -0.4 is 47.4 Å². The molecule has 8 N–H and O–H groups in total. The first kappa shape index (κ1) is 119. The van der Waals surface area contributed by atoms with Crippen molar-refractivity contribution in [1.82, 2.24) is 29.5 Å². The van der Waals surface area contributed by atoms with Crippen molar-refractivity contribution in [3.8, 4) is 0 Å². The number of carbonyl (C=O) groups excluding carboxylic acids is 4. The fourth-order valence-corrected chi connectivity index (χ4v) is 22.6. The second-order valence-corrected chi connectivity index (χ2v) is 50.8. The van der Waals surface area contributed by atoms with E-state index in [0.717, 1.165) is 151 Å². The molecule has 13 rings (SSSR count). The standard InChI is InChI=1S/C25H34IN3O2S.C19H29IN2O2.C18H27IN2O2.C14H21IN2.C12H21NO3.C11H15Cl2NO2S.C6H6IN/c1-20-3-13-25(14-4-20)32(30,31)29-17-15-28(16-18-29)24-9-5-21(6-10-24)19-27(2)23-11-7-22(26)8-12-23;1-19(2,3)24-18(23)21-16-9-5-14(6-10-16)13-22(4)17-11-7-15(20)8-12-17;1-18(2,3)23-17(22)21-16-8-4-13(5-9-16)12-20-15-10-6-14(19)7-11-15;1-17(14-8-4-12(15)5-9-14)10-11-2-6-13(16)7-3-11;1-12(2,3)16-11(15)13-10-6-4-9(8-14)5-7-10;1-10-2-4-11(5-3-10)17(15,16)14(8-6-12)9-7-13;7-5-1-3-6(8)4-2-5/h3-4,7-8,11-14,21,24H,5-6,9-10,15-19H2,1-2H3;7-8,11-12,14,16H,5-6,9-10,13H2,1-4H3,(H,21,23);6-7,10-11,13,16,20H,4-5,8-9,12H2,1-3H3,(H,21,22);4-5,8-9,11,13H,2-3,6-7,10,16H2,1H3;8-10H,4-7H2,1-3H3,(H,13,15);2-5H,6-9H2,1H3;1-4H,8H2. The number of alkyl halides is 2. The molecule has 1 heterocycles. The maximum absolute atomic E-state index is 13.0. The topological polar surface area (TPSA) is 284 Å². The van der Waals surface area contributed by atoms with Gasteiger partial charge in [-0.15, -0.1) is 23.2 Å². The number of hydrogen-bond donors (Lipinski definition) is 6. The Morgan fingerprint density at radius 2 is 0.730 bits per heavy atom. The van der Waals surface area contributed by atoms with E-state index >= 15 is 0 Å². The number of piperazine rings is 1. The smallest absolute Gasteiger partial charge is 0.407 e. The normalized spacial score (nSPS) is 20.9. The second kappa shape index (κ2) is 60.0. The maximum atomic E-state index is 13.0. The molecule has 5 aliphatic carbocycles. The largest absolute Gasteiger partial charge is 0.444 e. The summed E-state index contributed by atoms with van der Waals surface area (Å²) in [5, 5.41) is 12.4. The van der Waals surface area contributed by atoms with Gasteiger partial charge >= 0.3 is 18.3 Å². The number of amides is 3. The van der Waals surface area contributed by atoms with Crippen LogP contribution in [0.25, 0.3) is 0 Å². The molecule has 0 spiro atoms. The molecule has 6 aliphatic rings. The van der Waals surface area contributed by atoms with Gasteiger partial charge in [-0.3, -0.25) is 4.90 Å². The monoisotopic (exact) mass is 2530 g/mol. The van der Waals surface area contributed by atoms with Crippen LogP contribution in [0.1, 0.15) is 202 Å². The van der Waals surface area contributed by atoms with Crippen LogP contribution in [0.2, 0.25) is 0 Å². The summed E-state index contributed by atoms with van der Waals surface area (Å²) in [6, 6.07) is 58.0. The average molecular weight is 2530 g/mol. The summed E-state index contributed by atoms with van der Waals surface area (Å²) in [4.78, 5) is 56.0. The third-order valence-electron chi connectivity index (χ3n) is 25.0. The number of nitrogen functional groups attached to an aromatic ring is 1. The fraction of sp³-hybridized carbons (Fsp3) is 0.562. The van der Waals surface area contributed by atoms with E-state index in [1.54, 1.807) is 40.7 Å². The van der Waals surface area contributed by atoms with E-state index in [9.17, 15) is 36.0 Å². The zero-order valence-electron chi connectivity index (χ0n) is 82.9. The lowest BCUT2D eigenvalue weighted by atomic mass is 9.84. The SMILES string of the molecule is CC(C)(C)OC(=O)NC1CCC(C=O)CC1.CC(C)(C)OC(=O)NC1CCC(CNc2ccc(I)cc2)CC1.CN(CC1CCC(N)CC1)c1ccc(I)cc1.CN(CC1CCC(NC(=O)OC(C)(C)C)CC1)c1ccc(I)cc1.Cc1ccc(S(=O)(=O)N(CCCl)CCCl)cc1.Cc1ccc(S(=O)(=O)N2CCN(C3CCC(CN(C)c4ccc(I)cc4)CC3)CC2)cc1.Nc1ccc(I)cc1. The molecule has 32 heteroatoms. The van der Waals surface area contributed by atoms with Crippen LogP contribution in [0.15, 0.2) is 180 Å². The number of sulfonamides is 2. The molecule has 3 amide bonds. The van der Waals surface area contributed by atoms with Crippen LogP contribution >= 0.6 is 136 Å². The van der Waals surface area contributed by atoms with Gasteiger partial charge in [-0.25, -0.2) is 31.2 Å². The zero-order chi connectivity index (χ0) is 101. The third-order valence-corrected chi connectivity index (χ3v) is 32.8. The molecule has 137 heavy (non-hydrogen) atoms. The Kier molecular flexibility index (Phi) is 52.1. The molecule has 0 atom stereocenters. The van der Waals surface area contributed by atoms with Crippen LogP contribution in [-0.2, 0) is 39.1 Å². The van der Waals surface area contributed by atoms with Gasteiger partial charge in [0.2, 0.25) is 20.0 Å². The second-order valence-electron chi connectivity index (χ2n) is 39.9. The molecule has 7 aromatic carbocycles. The molecule has 5 saturated carbocycles. The number of aryl methyl sites for hydroxylation is 2. The van der Waals surface area contributed by atoms with E-state index in [4.69, 9.17) is 48.9 Å². The van der Waals surface area contributed by atoms with E-state index in [2.05, 4.69) is 272 Å². The van der Waals surface area contributed by atoms with Crippen molar-refractivity contribution >= 4 is 209 Å². The number of benzene rings is 7. The van der Waals surface area contributed by atoms with Crippen molar-refractivity contribution in [3.05, 3.63) is 199 Å². The van der Waals surface area contributed by atoms with Crippen LogP contribution in [-0.4, -0.2) is 200 Å². The van der Waals surface area contributed by atoms with Crippen LogP contribution in [0, 0.1) is 61.3 Å². The summed E-state index contributed by atoms with van der Waals surface area (Å²) in [5.41, 5.74) is 18.0. The Morgan fingerprint density at radius 3 is 1.06 bits per heavy atom. The molecule has 1 aliphatic heterocycles. The lowest BCUT2D eigenvalue weighted by Gasteiger charge is -2.42. The molecule has 0 bridgehead atoms. The Hall–Kier alpha value is -5.01. The molecule has 7 aromatic rings. The van der Waals surface area contributed by atoms with Gasteiger partial charge in [0, 0.05) is 181 Å². The minimum atomic E-state index is -3.48. The number of ether oxygens (including phenoxy) is 3. The first-order chi connectivity index (χ1) is 64.7. The van der Waals surface area contributed by atoms with Crippen molar-refractivity contribution < 1.29 is 50.2 Å². The average Bonchev–Trinajstić information content (AvgIpc) is 0.805. The first-order valence-corrected chi connectivity index (χ1v) is 57.7. The van der Waals surface area contributed by atoms with E-state index in [0.29, 0.717) is 41.9 Å². The van der Waals surface area contributed by atoms with Gasteiger partial charge in [-0.1, -0.05) is 35.4 Å². The van der Waals surface area contributed by atoms with E-state index in [-0.39, 0.29) is 72.1 Å². The summed E-state index contributed by atoms with van der Waals surface area (Å²) in [6.07, 6.45) is 22.1.